The van der Waals surface area contributed by atoms with Crippen molar-refractivity contribution in [3.05, 3.63) is 59.6 Å². The number of rotatable bonds is 4. The quantitative estimate of drug-likeness (QED) is 0.598. The number of methoxy groups -OCH3 is 1. The molecule has 4 rings (SSSR count). The number of aryl methyl sites for hydroxylation is 2. The van der Waals surface area contributed by atoms with Crippen molar-refractivity contribution >= 4 is 22.6 Å². The lowest BCUT2D eigenvalue weighted by molar-refractivity contribution is 0.0998. The van der Waals surface area contributed by atoms with Gasteiger partial charge in [-0.05, 0) is 48.5 Å². The highest BCUT2D eigenvalue weighted by Gasteiger charge is 2.18. The van der Waals surface area contributed by atoms with Gasteiger partial charge in [-0.2, -0.15) is 4.68 Å². The average Bonchev–Trinajstić information content (AvgIpc) is 3.25. The van der Waals surface area contributed by atoms with E-state index >= 15 is 0 Å². The summed E-state index contributed by atoms with van der Waals surface area (Å²) >= 11 is 0. The standard InChI is InChI=1S/C19H17N5O3/c1-11-14-6-4-5-7-16(14)27-18(11)19(25)20-13-8-9-17(26-3)15(10-13)24-12(2)21-22-23-24/h4-10H,1-3H3,(H,20,25). The normalized spacial score (nSPS) is 10.9. The van der Waals surface area contributed by atoms with Crippen LogP contribution in [-0.2, 0) is 0 Å². The summed E-state index contributed by atoms with van der Waals surface area (Å²) in [5, 5.41) is 15.3. The van der Waals surface area contributed by atoms with Crippen LogP contribution >= 0.6 is 0 Å². The first kappa shape index (κ1) is 16.8. The number of tetrazole rings is 1. The lowest BCUT2D eigenvalue weighted by Crippen LogP contribution is -2.13. The summed E-state index contributed by atoms with van der Waals surface area (Å²) in [5.74, 6) is 1.15. The minimum Gasteiger partial charge on any atom is -0.494 e. The van der Waals surface area contributed by atoms with Crippen molar-refractivity contribution in [2.45, 2.75) is 13.8 Å². The molecule has 2 aromatic carbocycles. The third-order valence-corrected chi connectivity index (χ3v) is 4.34. The van der Waals surface area contributed by atoms with Crippen LogP contribution in [-0.4, -0.2) is 33.2 Å². The molecule has 2 heterocycles. The Labute approximate surface area is 154 Å². The fourth-order valence-electron chi connectivity index (χ4n) is 2.97. The molecule has 0 radical (unpaired) electrons. The molecule has 0 bridgehead atoms. The molecule has 0 saturated carbocycles. The lowest BCUT2D eigenvalue weighted by Gasteiger charge is -2.11. The highest BCUT2D eigenvalue weighted by molar-refractivity contribution is 6.06. The number of fused-ring (bicyclic) bond motifs is 1. The third-order valence-electron chi connectivity index (χ3n) is 4.34. The molecule has 0 saturated heterocycles. The summed E-state index contributed by atoms with van der Waals surface area (Å²) in [4.78, 5) is 12.7. The highest BCUT2D eigenvalue weighted by atomic mass is 16.5. The van der Waals surface area contributed by atoms with Crippen LogP contribution in [0, 0.1) is 13.8 Å². The number of carbonyl (C=O) groups excluding carboxylic acids is 1. The maximum atomic E-state index is 12.7. The molecule has 1 N–H and O–H groups in total. The van der Waals surface area contributed by atoms with Crippen molar-refractivity contribution in [2.24, 2.45) is 0 Å². The number of furan rings is 1. The van der Waals surface area contributed by atoms with E-state index in [1.165, 1.54) is 0 Å². The van der Waals surface area contributed by atoms with Gasteiger partial charge in [-0.25, -0.2) is 0 Å². The maximum absolute atomic E-state index is 12.7. The first-order valence-corrected chi connectivity index (χ1v) is 8.31. The van der Waals surface area contributed by atoms with E-state index in [0.717, 1.165) is 10.9 Å². The van der Waals surface area contributed by atoms with Gasteiger partial charge in [0.2, 0.25) is 0 Å². The molecule has 8 nitrogen and oxygen atoms in total. The van der Waals surface area contributed by atoms with Gasteiger partial charge in [0.05, 0.1) is 7.11 Å². The van der Waals surface area contributed by atoms with Crippen molar-refractivity contribution in [3.63, 3.8) is 0 Å². The molecular weight excluding hydrogens is 346 g/mol. The van der Waals surface area contributed by atoms with Crippen LogP contribution < -0.4 is 10.1 Å². The molecule has 0 aliphatic rings. The van der Waals surface area contributed by atoms with Gasteiger partial charge in [0, 0.05) is 16.6 Å². The molecule has 2 aromatic heterocycles. The molecule has 8 heteroatoms. The number of para-hydroxylation sites is 1. The number of nitrogens with one attached hydrogen (secondary N) is 1. The number of aromatic nitrogens is 4. The first-order chi connectivity index (χ1) is 13.1. The maximum Gasteiger partial charge on any atom is 0.291 e. The minimum atomic E-state index is -0.326. The monoisotopic (exact) mass is 363 g/mol. The van der Waals surface area contributed by atoms with Gasteiger partial charge in [0.15, 0.2) is 11.6 Å². The topological polar surface area (TPSA) is 95.1 Å². The van der Waals surface area contributed by atoms with Gasteiger partial charge >= 0.3 is 0 Å². The SMILES string of the molecule is COc1ccc(NC(=O)c2oc3ccccc3c2C)cc1-n1nnnc1C. The summed E-state index contributed by atoms with van der Waals surface area (Å²) in [6, 6.07) is 12.8. The van der Waals surface area contributed by atoms with Crippen LogP contribution in [0.5, 0.6) is 5.75 Å². The van der Waals surface area contributed by atoms with Crippen molar-refractivity contribution < 1.29 is 13.9 Å². The van der Waals surface area contributed by atoms with Crippen LogP contribution in [0.2, 0.25) is 0 Å². The minimum absolute atomic E-state index is 0.284. The number of hydrogen-bond acceptors (Lipinski definition) is 6. The van der Waals surface area contributed by atoms with Crippen LogP contribution in [0.3, 0.4) is 0 Å². The van der Waals surface area contributed by atoms with Gasteiger partial charge in [0.25, 0.3) is 5.91 Å². The molecule has 0 spiro atoms. The fourth-order valence-corrected chi connectivity index (χ4v) is 2.97. The van der Waals surface area contributed by atoms with Crippen LogP contribution in [0.15, 0.2) is 46.9 Å². The fraction of sp³-hybridized carbons (Fsp3) is 0.158. The van der Waals surface area contributed by atoms with E-state index in [1.54, 1.807) is 36.9 Å². The highest BCUT2D eigenvalue weighted by Crippen LogP contribution is 2.28. The van der Waals surface area contributed by atoms with E-state index in [-0.39, 0.29) is 11.7 Å². The third kappa shape index (κ3) is 2.91. The molecule has 136 valence electrons. The molecule has 0 unspecified atom stereocenters. The van der Waals surface area contributed by atoms with Gasteiger partial charge in [0.1, 0.15) is 17.0 Å². The summed E-state index contributed by atoms with van der Waals surface area (Å²) < 4.78 is 12.6. The number of nitrogens with zero attached hydrogens (tertiary/aromatic N) is 4. The van der Waals surface area contributed by atoms with E-state index in [2.05, 4.69) is 20.8 Å². The smallest absolute Gasteiger partial charge is 0.291 e. The number of amides is 1. The zero-order valence-corrected chi connectivity index (χ0v) is 15.1. The summed E-state index contributed by atoms with van der Waals surface area (Å²) in [6.07, 6.45) is 0. The number of anilines is 1. The van der Waals surface area contributed by atoms with E-state index in [9.17, 15) is 4.79 Å². The van der Waals surface area contributed by atoms with Crippen molar-refractivity contribution in [1.29, 1.82) is 0 Å². The van der Waals surface area contributed by atoms with Crippen molar-refractivity contribution in [1.82, 2.24) is 20.2 Å². The van der Waals surface area contributed by atoms with E-state index in [0.29, 0.717) is 28.5 Å². The Morgan fingerprint density at radius 3 is 2.70 bits per heavy atom. The van der Waals surface area contributed by atoms with Crippen LogP contribution in [0.4, 0.5) is 5.69 Å². The zero-order valence-electron chi connectivity index (χ0n) is 15.1. The second kappa shape index (κ2) is 6.56. The Kier molecular flexibility index (Phi) is 4.08. The Morgan fingerprint density at radius 1 is 1.19 bits per heavy atom. The van der Waals surface area contributed by atoms with E-state index in [1.807, 2.05) is 31.2 Å². The van der Waals surface area contributed by atoms with Crippen LogP contribution in [0.1, 0.15) is 21.9 Å². The molecule has 0 aliphatic carbocycles. The van der Waals surface area contributed by atoms with E-state index in [4.69, 9.17) is 9.15 Å². The number of benzene rings is 2. The van der Waals surface area contributed by atoms with E-state index < -0.39 is 0 Å². The molecule has 27 heavy (non-hydrogen) atoms. The number of ether oxygens (including phenoxy) is 1. The Morgan fingerprint density at radius 2 is 2.00 bits per heavy atom. The van der Waals surface area contributed by atoms with Gasteiger partial charge in [-0.3, -0.25) is 4.79 Å². The molecule has 0 aliphatic heterocycles. The first-order valence-electron chi connectivity index (χ1n) is 8.31. The Balaban J connectivity index is 1.69. The van der Waals surface area contributed by atoms with Crippen LogP contribution in [0.25, 0.3) is 16.7 Å². The number of hydrogen-bond donors (Lipinski definition) is 1. The molecule has 4 aromatic rings. The molecule has 1 amide bonds. The second-order valence-corrected chi connectivity index (χ2v) is 6.03. The molecule has 0 fully saturated rings. The molecule has 0 atom stereocenters. The number of carbonyl (C=O) groups is 1. The van der Waals surface area contributed by atoms with Crippen molar-refractivity contribution in [3.8, 4) is 11.4 Å². The van der Waals surface area contributed by atoms with Gasteiger partial charge in [-0.15, -0.1) is 5.10 Å². The van der Waals surface area contributed by atoms with Gasteiger partial charge in [-0.1, -0.05) is 18.2 Å². The Bertz CT molecular complexity index is 1150. The summed E-state index contributed by atoms with van der Waals surface area (Å²) in [7, 11) is 1.56. The Hall–Kier alpha value is -3.68. The van der Waals surface area contributed by atoms with Gasteiger partial charge < -0.3 is 14.5 Å². The average molecular weight is 363 g/mol. The zero-order chi connectivity index (χ0) is 19.0. The molecular formula is C19H17N5O3. The lowest BCUT2D eigenvalue weighted by atomic mass is 10.1. The predicted octanol–water partition coefficient (Wildman–Crippen LogP) is 3.29. The summed E-state index contributed by atoms with van der Waals surface area (Å²) in [5.41, 5.74) is 2.68. The van der Waals surface area contributed by atoms with Crippen molar-refractivity contribution in [2.75, 3.05) is 12.4 Å². The predicted molar refractivity (Wildman–Crippen MR) is 99.3 cm³/mol. The second-order valence-electron chi connectivity index (χ2n) is 6.03. The largest absolute Gasteiger partial charge is 0.494 e. The summed E-state index contributed by atoms with van der Waals surface area (Å²) in [6.45, 7) is 3.65.